The fraction of sp³-hybridized carbons (Fsp3) is 0.250. The van der Waals surface area contributed by atoms with Gasteiger partial charge in [0.15, 0.2) is 5.76 Å². The molecule has 0 amide bonds. The van der Waals surface area contributed by atoms with Crippen LogP contribution < -0.4 is 9.47 Å². The Morgan fingerprint density at radius 3 is 2.62 bits per heavy atom. The summed E-state index contributed by atoms with van der Waals surface area (Å²) in [7, 11) is 0. The van der Waals surface area contributed by atoms with Gasteiger partial charge in [0.2, 0.25) is 5.78 Å². The molecule has 122 valence electrons. The van der Waals surface area contributed by atoms with Gasteiger partial charge in [-0.15, -0.1) is 0 Å². The number of carbonyl (C=O) groups is 1. The Morgan fingerprint density at radius 2 is 1.88 bits per heavy atom. The lowest BCUT2D eigenvalue weighted by atomic mass is 9.92. The molecule has 24 heavy (non-hydrogen) atoms. The highest BCUT2D eigenvalue weighted by atomic mass is 16.5. The van der Waals surface area contributed by atoms with E-state index in [9.17, 15) is 9.90 Å². The molecule has 0 saturated carbocycles. The number of phenolic OH excluding ortho intramolecular Hbond substituents is 1. The molecule has 0 atom stereocenters. The van der Waals surface area contributed by atoms with Crippen molar-refractivity contribution in [1.82, 2.24) is 0 Å². The monoisotopic (exact) mass is 322 g/mol. The number of Topliss-reactive ketones (excluding diaryl/α,β-unsaturated/α-hetero) is 1. The Bertz CT molecular complexity index is 860. The number of ether oxygens (including phenoxy) is 2. The Morgan fingerprint density at radius 1 is 1.12 bits per heavy atom. The van der Waals surface area contributed by atoms with Gasteiger partial charge in [0, 0.05) is 5.56 Å². The highest BCUT2D eigenvalue weighted by Gasteiger charge is 2.35. The van der Waals surface area contributed by atoms with E-state index in [0.717, 1.165) is 29.7 Å². The van der Waals surface area contributed by atoms with Gasteiger partial charge in [0.05, 0.1) is 5.56 Å². The molecule has 0 aliphatic carbocycles. The van der Waals surface area contributed by atoms with Crippen LogP contribution in [-0.2, 0) is 6.42 Å². The van der Waals surface area contributed by atoms with Crippen LogP contribution in [0.5, 0.6) is 17.2 Å². The molecule has 4 nitrogen and oxygen atoms in total. The first-order valence-corrected chi connectivity index (χ1v) is 8.01. The molecule has 2 aromatic rings. The van der Waals surface area contributed by atoms with Gasteiger partial charge in [-0.2, -0.15) is 0 Å². The Kier molecular flexibility index (Phi) is 3.17. The van der Waals surface area contributed by atoms with E-state index in [2.05, 4.69) is 13.8 Å². The SMILES string of the molecule is CC1(C)CCc2c(ccc3c2OC(=Cc2ccc(O)cc2)C3=O)O1. The van der Waals surface area contributed by atoms with Crippen molar-refractivity contribution in [2.24, 2.45) is 0 Å². The third-order valence-electron chi connectivity index (χ3n) is 4.45. The van der Waals surface area contributed by atoms with Crippen LogP contribution in [0.1, 0.15) is 41.8 Å². The maximum absolute atomic E-state index is 12.6. The third-order valence-corrected chi connectivity index (χ3v) is 4.45. The number of allylic oxidation sites excluding steroid dienone is 1. The summed E-state index contributed by atoms with van der Waals surface area (Å²) >= 11 is 0. The highest BCUT2D eigenvalue weighted by molar-refractivity contribution is 6.15. The van der Waals surface area contributed by atoms with Crippen LogP contribution in [0.25, 0.3) is 6.08 Å². The van der Waals surface area contributed by atoms with E-state index in [4.69, 9.17) is 9.47 Å². The minimum atomic E-state index is -0.200. The lowest BCUT2D eigenvalue weighted by Gasteiger charge is -2.33. The average Bonchev–Trinajstić information content (AvgIpc) is 2.85. The van der Waals surface area contributed by atoms with Crippen molar-refractivity contribution in [3.05, 3.63) is 58.8 Å². The summed E-state index contributed by atoms with van der Waals surface area (Å²) in [6.45, 7) is 4.12. The number of fused-ring (bicyclic) bond motifs is 3. The summed E-state index contributed by atoms with van der Waals surface area (Å²) in [5.41, 5.74) is 2.15. The summed E-state index contributed by atoms with van der Waals surface area (Å²) < 4.78 is 11.9. The van der Waals surface area contributed by atoms with Crippen LogP contribution in [0.2, 0.25) is 0 Å². The molecule has 0 spiro atoms. The number of ketones is 1. The van der Waals surface area contributed by atoms with Crippen molar-refractivity contribution < 1.29 is 19.4 Å². The standard InChI is InChI=1S/C20H18O4/c1-20(2)10-9-14-16(24-20)8-7-15-18(22)17(23-19(14)15)11-12-3-5-13(21)6-4-12/h3-8,11,21H,9-10H2,1-2H3. The van der Waals surface area contributed by atoms with Gasteiger partial charge in [0.25, 0.3) is 0 Å². The first kappa shape index (κ1) is 14.8. The Hall–Kier alpha value is -2.75. The molecule has 0 fully saturated rings. The molecule has 1 N–H and O–H groups in total. The fourth-order valence-electron chi connectivity index (χ4n) is 3.12. The minimum Gasteiger partial charge on any atom is -0.508 e. The molecule has 2 aliphatic rings. The quantitative estimate of drug-likeness (QED) is 0.803. The molecule has 2 aliphatic heterocycles. The van der Waals surface area contributed by atoms with Crippen LogP contribution in [-0.4, -0.2) is 16.5 Å². The first-order chi connectivity index (χ1) is 11.4. The van der Waals surface area contributed by atoms with Crippen molar-refractivity contribution in [2.45, 2.75) is 32.3 Å². The van der Waals surface area contributed by atoms with Gasteiger partial charge in [-0.05, 0) is 62.6 Å². The van der Waals surface area contributed by atoms with E-state index in [0.29, 0.717) is 17.1 Å². The predicted octanol–water partition coefficient (Wildman–Crippen LogP) is 4.11. The van der Waals surface area contributed by atoms with E-state index < -0.39 is 0 Å². The molecule has 2 heterocycles. The van der Waals surface area contributed by atoms with Gasteiger partial charge in [-0.25, -0.2) is 0 Å². The molecule has 0 aromatic heterocycles. The van der Waals surface area contributed by atoms with Crippen LogP contribution in [0.4, 0.5) is 0 Å². The number of benzene rings is 2. The second-order valence-electron chi connectivity index (χ2n) is 6.81. The van der Waals surface area contributed by atoms with Crippen molar-refractivity contribution >= 4 is 11.9 Å². The second kappa shape index (κ2) is 5.13. The Labute approximate surface area is 140 Å². The number of hydrogen-bond acceptors (Lipinski definition) is 4. The summed E-state index contributed by atoms with van der Waals surface area (Å²) in [4.78, 5) is 12.6. The predicted molar refractivity (Wildman–Crippen MR) is 90.5 cm³/mol. The maximum atomic E-state index is 12.6. The fourth-order valence-corrected chi connectivity index (χ4v) is 3.12. The second-order valence-corrected chi connectivity index (χ2v) is 6.81. The summed E-state index contributed by atoms with van der Waals surface area (Å²) in [6.07, 6.45) is 3.40. The zero-order valence-corrected chi connectivity index (χ0v) is 13.6. The van der Waals surface area contributed by atoms with E-state index in [1.807, 2.05) is 6.07 Å². The molecule has 2 aromatic carbocycles. The largest absolute Gasteiger partial charge is 0.508 e. The van der Waals surface area contributed by atoms with Crippen LogP contribution in [0, 0.1) is 0 Å². The van der Waals surface area contributed by atoms with E-state index in [1.54, 1.807) is 36.4 Å². The van der Waals surface area contributed by atoms with Gasteiger partial charge < -0.3 is 14.6 Å². The Balaban J connectivity index is 1.71. The van der Waals surface area contributed by atoms with Gasteiger partial charge >= 0.3 is 0 Å². The number of carbonyl (C=O) groups excluding carboxylic acids is 1. The molecular formula is C20H18O4. The van der Waals surface area contributed by atoms with Crippen molar-refractivity contribution in [3.8, 4) is 17.2 Å². The van der Waals surface area contributed by atoms with Crippen LogP contribution in [0.15, 0.2) is 42.2 Å². The summed E-state index contributed by atoms with van der Waals surface area (Å²) in [6, 6.07) is 10.3. The smallest absolute Gasteiger partial charge is 0.231 e. The highest BCUT2D eigenvalue weighted by Crippen LogP contribution is 2.44. The molecule has 0 radical (unpaired) electrons. The summed E-state index contributed by atoms with van der Waals surface area (Å²) in [5.74, 6) is 1.79. The average molecular weight is 322 g/mol. The molecule has 0 saturated heterocycles. The zero-order valence-electron chi connectivity index (χ0n) is 13.6. The van der Waals surface area contributed by atoms with Crippen molar-refractivity contribution in [1.29, 1.82) is 0 Å². The zero-order chi connectivity index (χ0) is 16.9. The van der Waals surface area contributed by atoms with Crippen LogP contribution in [0.3, 0.4) is 0 Å². The topological polar surface area (TPSA) is 55.8 Å². The minimum absolute atomic E-state index is 0.120. The molecular weight excluding hydrogens is 304 g/mol. The molecule has 4 rings (SSSR count). The lowest BCUT2D eigenvalue weighted by molar-refractivity contribution is 0.0838. The van der Waals surface area contributed by atoms with Crippen molar-refractivity contribution in [3.63, 3.8) is 0 Å². The van der Waals surface area contributed by atoms with Gasteiger partial charge in [-0.3, -0.25) is 4.79 Å². The van der Waals surface area contributed by atoms with Crippen LogP contribution >= 0.6 is 0 Å². The molecule has 0 unspecified atom stereocenters. The number of phenols is 1. The van der Waals surface area contributed by atoms with E-state index in [1.165, 1.54) is 0 Å². The number of rotatable bonds is 1. The molecule has 4 heteroatoms. The molecule has 0 bridgehead atoms. The van der Waals surface area contributed by atoms with E-state index >= 15 is 0 Å². The normalized spacial score (nSPS) is 19.4. The third kappa shape index (κ3) is 2.44. The maximum Gasteiger partial charge on any atom is 0.231 e. The lowest BCUT2D eigenvalue weighted by Crippen LogP contribution is -2.32. The summed E-state index contributed by atoms with van der Waals surface area (Å²) in [5, 5.41) is 9.35. The number of hydrogen-bond donors (Lipinski definition) is 1. The van der Waals surface area contributed by atoms with E-state index in [-0.39, 0.29) is 17.1 Å². The van der Waals surface area contributed by atoms with Gasteiger partial charge in [0.1, 0.15) is 22.8 Å². The first-order valence-electron chi connectivity index (χ1n) is 8.01. The van der Waals surface area contributed by atoms with Crippen molar-refractivity contribution in [2.75, 3.05) is 0 Å². The van der Waals surface area contributed by atoms with Gasteiger partial charge in [-0.1, -0.05) is 12.1 Å². The number of aromatic hydroxyl groups is 1.